The van der Waals surface area contributed by atoms with E-state index in [0.717, 1.165) is 0 Å². The van der Waals surface area contributed by atoms with Gasteiger partial charge in [-0.15, -0.1) is 0 Å². The molecule has 0 unspecified atom stereocenters. The van der Waals surface area contributed by atoms with Crippen LogP contribution in [0.1, 0.15) is 21.7 Å². The van der Waals surface area contributed by atoms with Crippen molar-refractivity contribution in [2.45, 2.75) is 23.4 Å². The summed E-state index contributed by atoms with van der Waals surface area (Å²) in [5.74, 6) is -1.21. The summed E-state index contributed by atoms with van der Waals surface area (Å²) in [7, 11) is -3.68. The number of sulfone groups is 1. The van der Waals surface area contributed by atoms with Crippen LogP contribution in [0.2, 0.25) is 0 Å². The molecule has 0 aliphatic carbocycles. The highest BCUT2D eigenvalue weighted by atomic mass is 32.2. The molecule has 31 heavy (non-hydrogen) atoms. The van der Waals surface area contributed by atoms with E-state index in [-0.39, 0.29) is 28.5 Å². The number of furan rings is 1. The SMILES string of the molecule is O=C(NCc1cccc(OCC(F)(F)F)c1)c1occc1CS(=O)(=O)c1ccccc1. The first-order chi connectivity index (χ1) is 14.6. The van der Waals surface area contributed by atoms with E-state index >= 15 is 0 Å². The number of ether oxygens (including phenoxy) is 1. The first-order valence-corrected chi connectivity index (χ1v) is 10.7. The monoisotopic (exact) mass is 453 g/mol. The quantitative estimate of drug-likeness (QED) is 0.555. The average molecular weight is 453 g/mol. The summed E-state index contributed by atoms with van der Waals surface area (Å²) in [4.78, 5) is 12.6. The van der Waals surface area contributed by atoms with Crippen LogP contribution in [-0.2, 0) is 22.1 Å². The van der Waals surface area contributed by atoms with Gasteiger partial charge in [0, 0.05) is 12.1 Å². The molecule has 0 bridgehead atoms. The first-order valence-electron chi connectivity index (χ1n) is 9.05. The predicted molar refractivity (Wildman–Crippen MR) is 105 cm³/mol. The van der Waals surface area contributed by atoms with Gasteiger partial charge in [-0.1, -0.05) is 30.3 Å². The lowest BCUT2D eigenvalue weighted by Crippen LogP contribution is -2.24. The average Bonchev–Trinajstić information content (AvgIpc) is 3.18. The van der Waals surface area contributed by atoms with Crippen LogP contribution < -0.4 is 10.1 Å². The molecule has 0 atom stereocenters. The highest BCUT2D eigenvalue weighted by Gasteiger charge is 2.28. The second kappa shape index (κ2) is 9.25. The van der Waals surface area contributed by atoms with Crippen molar-refractivity contribution in [2.24, 2.45) is 0 Å². The summed E-state index contributed by atoms with van der Waals surface area (Å²) in [6, 6.07) is 15.1. The van der Waals surface area contributed by atoms with E-state index in [9.17, 15) is 26.4 Å². The zero-order valence-electron chi connectivity index (χ0n) is 16.1. The first kappa shape index (κ1) is 22.4. The summed E-state index contributed by atoms with van der Waals surface area (Å²) < 4.78 is 71.8. The predicted octanol–water partition coefficient (Wildman–Crippen LogP) is 4.12. The van der Waals surface area contributed by atoms with E-state index in [1.54, 1.807) is 24.3 Å². The van der Waals surface area contributed by atoms with Crippen molar-refractivity contribution in [1.29, 1.82) is 0 Å². The third kappa shape index (κ3) is 6.35. The van der Waals surface area contributed by atoms with E-state index < -0.39 is 34.3 Å². The molecule has 2 aromatic carbocycles. The highest BCUT2D eigenvalue weighted by molar-refractivity contribution is 7.90. The lowest BCUT2D eigenvalue weighted by molar-refractivity contribution is -0.153. The van der Waals surface area contributed by atoms with E-state index in [1.165, 1.54) is 42.7 Å². The third-order valence-electron chi connectivity index (χ3n) is 4.15. The molecule has 1 amide bonds. The van der Waals surface area contributed by atoms with Gasteiger partial charge < -0.3 is 14.5 Å². The fraction of sp³-hybridized carbons (Fsp3) is 0.190. The molecule has 1 heterocycles. The van der Waals surface area contributed by atoms with Gasteiger partial charge in [-0.25, -0.2) is 8.42 Å². The third-order valence-corrected chi connectivity index (χ3v) is 5.84. The zero-order chi connectivity index (χ0) is 22.5. The molecule has 1 N–H and O–H groups in total. The summed E-state index contributed by atoms with van der Waals surface area (Å²) in [5.41, 5.74) is 0.696. The van der Waals surface area contributed by atoms with E-state index in [0.29, 0.717) is 5.56 Å². The van der Waals surface area contributed by atoms with Crippen molar-refractivity contribution in [3.05, 3.63) is 83.8 Å². The Bertz CT molecular complexity index is 1140. The Morgan fingerprint density at radius 3 is 2.48 bits per heavy atom. The minimum atomic E-state index is -4.46. The lowest BCUT2D eigenvalue weighted by Gasteiger charge is -2.11. The van der Waals surface area contributed by atoms with Crippen LogP contribution >= 0.6 is 0 Å². The molecule has 10 heteroatoms. The van der Waals surface area contributed by atoms with E-state index in [2.05, 4.69) is 10.1 Å². The molecule has 0 spiro atoms. The molecular weight excluding hydrogens is 435 g/mol. The molecule has 164 valence electrons. The number of alkyl halides is 3. The van der Waals surface area contributed by atoms with Crippen LogP contribution in [0.25, 0.3) is 0 Å². The number of carbonyl (C=O) groups excluding carboxylic acids is 1. The Kier molecular flexibility index (Phi) is 6.69. The second-order valence-electron chi connectivity index (χ2n) is 6.58. The van der Waals surface area contributed by atoms with Crippen molar-refractivity contribution in [3.8, 4) is 5.75 Å². The van der Waals surface area contributed by atoms with Crippen molar-refractivity contribution in [1.82, 2.24) is 5.32 Å². The molecule has 3 rings (SSSR count). The zero-order valence-corrected chi connectivity index (χ0v) is 16.9. The number of hydrogen-bond acceptors (Lipinski definition) is 5. The van der Waals surface area contributed by atoms with Gasteiger partial charge in [-0.2, -0.15) is 13.2 Å². The molecule has 0 aliphatic rings. The Labute approximate surface area is 176 Å². The van der Waals surface area contributed by atoms with Crippen LogP contribution in [0.4, 0.5) is 13.2 Å². The van der Waals surface area contributed by atoms with Gasteiger partial charge in [-0.3, -0.25) is 4.79 Å². The lowest BCUT2D eigenvalue weighted by atomic mass is 10.2. The van der Waals surface area contributed by atoms with Gasteiger partial charge in [0.25, 0.3) is 5.91 Å². The van der Waals surface area contributed by atoms with Gasteiger partial charge in [0.2, 0.25) is 0 Å². The number of hydrogen-bond donors (Lipinski definition) is 1. The molecule has 3 aromatic rings. The molecule has 6 nitrogen and oxygen atoms in total. The van der Waals surface area contributed by atoms with Crippen LogP contribution in [-0.4, -0.2) is 27.1 Å². The maximum Gasteiger partial charge on any atom is 0.422 e. The van der Waals surface area contributed by atoms with Gasteiger partial charge in [0.1, 0.15) is 5.75 Å². The van der Waals surface area contributed by atoms with E-state index in [1.807, 2.05) is 0 Å². The van der Waals surface area contributed by atoms with Crippen molar-refractivity contribution in [2.75, 3.05) is 6.61 Å². The molecule has 1 aromatic heterocycles. The van der Waals surface area contributed by atoms with Crippen LogP contribution in [0.15, 0.2) is 76.2 Å². The number of nitrogens with one attached hydrogen (secondary N) is 1. The summed E-state index contributed by atoms with van der Waals surface area (Å²) in [6.45, 7) is -1.44. The maximum absolute atomic E-state index is 12.6. The van der Waals surface area contributed by atoms with Crippen LogP contribution in [0.3, 0.4) is 0 Å². The van der Waals surface area contributed by atoms with Gasteiger partial charge in [-0.05, 0) is 35.9 Å². The molecule has 0 saturated carbocycles. The number of benzene rings is 2. The minimum absolute atomic E-state index is 0.0108. The van der Waals surface area contributed by atoms with Crippen molar-refractivity contribution in [3.63, 3.8) is 0 Å². The number of rotatable bonds is 8. The topological polar surface area (TPSA) is 85.6 Å². The summed E-state index contributed by atoms with van der Waals surface area (Å²) >= 11 is 0. The molecule has 0 saturated heterocycles. The molecular formula is C21H18F3NO5S. The van der Waals surface area contributed by atoms with Crippen LogP contribution in [0, 0.1) is 0 Å². The van der Waals surface area contributed by atoms with E-state index in [4.69, 9.17) is 4.42 Å². The minimum Gasteiger partial charge on any atom is -0.484 e. The van der Waals surface area contributed by atoms with Crippen LogP contribution in [0.5, 0.6) is 5.75 Å². The fourth-order valence-electron chi connectivity index (χ4n) is 2.74. The number of halogens is 3. The normalized spacial score (nSPS) is 11.8. The van der Waals surface area contributed by atoms with Gasteiger partial charge in [0.15, 0.2) is 22.2 Å². The second-order valence-corrected chi connectivity index (χ2v) is 8.57. The summed E-state index contributed by atoms with van der Waals surface area (Å²) in [5, 5.41) is 2.56. The van der Waals surface area contributed by atoms with Crippen molar-refractivity contribution < 1.29 is 35.5 Å². The van der Waals surface area contributed by atoms with Gasteiger partial charge >= 0.3 is 6.18 Å². The number of amides is 1. The molecule has 0 radical (unpaired) electrons. The Balaban J connectivity index is 1.65. The smallest absolute Gasteiger partial charge is 0.422 e. The highest BCUT2D eigenvalue weighted by Crippen LogP contribution is 2.21. The molecule has 0 fully saturated rings. The van der Waals surface area contributed by atoms with Gasteiger partial charge in [0.05, 0.1) is 16.9 Å². The Morgan fingerprint density at radius 1 is 1.03 bits per heavy atom. The fourth-order valence-corrected chi connectivity index (χ4v) is 4.11. The number of carbonyl (C=O) groups is 1. The Hall–Kier alpha value is -3.27. The summed E-state index contributed by atoms with van der Waals surface area (Å²) in [6.07, 6.45) is -3.24. The standard InChI is InChI=1S/C21H18F3NO5S/c22-21(23,24)14-30-17-6-4-5-15(11-17)12-25-20(26)19-16(9-10-29-19)13-31(27,28)18-7-2-1-3-8-18/h1-11H,12-14H2,(H,25,26). The largest absolute Gasteiger partial charge is 0.484 e. The molecule has 0 aliphatic heterocycles. The Morgan fingerprint density at radius 2 is 1.77 bits per heavy atom. The van der Waals surface area contributed by atoms with Crippen molar-refractivity contribution >= 4 is 15.7 Å². The maximum atomic E-state index is 12.6.